The predicted molar refractivity (Wildman–Crippen MR) is 132 cm³/mol. The molecule has 33 heavy (non-hydrogen) atoms. The van der Waals surface area contributed by atoms with E-state index in [2.05, 4.69) is 42.7 Å². The third-order valence-electron chi connectivity index (χ3n) is 5.78. The number of fused-ring (bicyclic) bond motifs is 2. The van der Waals surface area contributed by atoms with E-state index in [9.17, 15) is 4.79 Å². The lowest BCUT2D eigenvalue weighted by molar-refractivity contribution is 0.0601. The maximum Gasteiger partial charge on any atom is 0.337 e. The van der Waals surface area contributed by atoms with Crippen LogP contribution in [0.25, 0.3) is 32.0 Å². The van der Waals surface area contributed by atoms with E-state index in [1.165, 1.54) is 7.11 Å². The first-order valence-electron chi connectivity index (χ1n) is 10.9. The standard InChI is InChI=1S/C26H24N4O2S/c1-5-21-28-22-15(2)12-16(3)27-24(22)30(21)14-19-10-7-11-20-23(19)29-25(33-20)17-8-6-9-18(13-17)26(31)32-4/h6-13H,5,14H2,1-4H3. The van der Waals surface area contributed by atoms with Crippen LogP contribution in [0.5, 0.6) is 0 Å². The minimum absolute atomic E-state index is 0.351. The molecule has 0 bridgehead atoms. The number of imidazole rings is 1. The van der Waals surface area contributed by atoms with Gasteiger partial charge in [-0.3, -0.25) is 0 Å². The molecule has 0 amide bonds. The molecule has 0 atom stereocenters. The van der Waals surface area contributed by atoms with Crippen LogP contribution in [0.3, 0.4) is 0 Å². The highest BCUT2D eigenvalue weighted by molar-refractivity contribution is 7.21. The van der Waals surface area contributed by atoms with Crippen LogP contribution in [-0.2, 0) is 17.7 Å². The highest BCUT2D eigenvalue weighted by atomic mass is 32.1. The third kappa shape index (κ3) is 3.78. The van der Waals surface area contributed by atoms with Gasteiger partial charge in [-0.1, -0.05) is 31.2 Å². The van der Waals surface area contributed by atoms with Crippen molar-refractivity contribution < 1.29 is 9.53 Å². The molecular weight excluding hydrogens is 432 g/mol. The number of ether oxygens (including phenoxy) is 1. The average molecular weight is 457 g/mol. The molecule has 6 nitrogen and oxygen atoms in total. The smallest absolute Gasteiger partial charge is 0.337 e. The number of aromatic nitrogens is 4. The van der Waals surface area contributed by atoms with E-state index in [4.69, 9.17) is 19.7 Å². The monoisotopic (exact) mass is 456 g/mol. The number of hydrogen-bond acceptors (Lipinski definition) is 6. The summed E-state index contributed by atoms with van der Waals surface area (Å²) in [6.45, 7) is 6.88. The summed E-state index contributed by atoms with van der Waals surface area (Å²) in [6.07, 6.45) is 0.827. The van der Waals surface area contributed by atoms with E-state index in [0.29, 0.717) is 12.1 Å². The molecule has 7 heteroatoms. The van der Waals surface area contributed by atoms with Gasteiger partial charge in [0.1, 0.15) is 16.3 Å². The second-order valence-electron chi connectivity index (χ2n) is 8.08. The van der Waals surface area contributed by atoms with Gasteiger partial charge < -0.3 is 9.30 Å². The summed E-state index contributed by atoms with van der Waals surface area (Å²) >= 11 is 1.62. The molecule has 0 N–H and O–H groups in total. The number of methoxy groups -OCH3 is 1. The van der Waals surface area contributed by atoms with Crippen molar-refractivity contribution in [2.75, 3.05) is 7.11 Å². The quantitative estimate of drug-likeness (QED) is 0.316. The Bertz CT molecular complexity index is 1520. The maximum absolute atomic E-state index is 12.0. The lowest BCUT2D eigenvalue weighted by Gasteiger charge is -2.09. The van der Waals surface area contributed by atoms with Crippen molar-refractivity contribution in [2.45, 2.75) is 33.7 Å². The zero-order chi connectivity index (χ0) is 23.1. The van der Waals surface area contributed by atoms with Gasteiger partial charge in [0.25, 0.3) is 0 Å². The molecule has 3 aromatic heterocycles. The van der Waals surface area contributed by atoms with Crippen LogP contribution in [0, 0.1) is 13.8 Å². The predicted octanol–water partition coefficient (Wildman–Crippen LogP) is 5.72. The number of thiazole rings is 1. The van der Waals surface area contributed by atoms with Crippen LogP contribution in [0.1, 0.15) is 39.9 Å². The van der Waals surface area contributed by atoms with E-state index in [-0.39, 0.29) is 5.97 Å². The van der Waals surface area contributed by atoms with Gasteiger partial charge in [0.2, 0.25) is 0 Å². The normalized spacial score (nSPS) is 11.4. The first-order chi connectivity index (χ1) is 16.0. The first kappa shape index (κ1) is 21.3. The van der Waals surface area contributed by atoms with Crippen molar-refractivity contribution >= 4 is 38.7 Å². The van der Waals surface area contributed by atoms with E-state index >= 15 is 0 Å². The van der Waals surface area contributed by atoms with E-state index in [0.717, 1.165) is 61.0 Å². The van der Waals surface area contributed by atoms with Crippen molar-refractivity contribution in [2.24, 2.45) is 0 Å². The number of para-hydroxylation sites is 1. The van der Waals surface area contributed by atoms with E-state index < -0.39 is 0 Å². The van der Waals surface area contributed by atoms with Crippen LogP contribution in [0.15, 0.2) is 48.5 Å². The molecule has 0 radical (unpaired) electrons. The molecule has 5 rings (SSSR count). The maximum atomic E-state index is 12.0. The van der Waals surface area contributed by atoms with Crippen LogP contribution in [0.2, 0.25) is 0 Å². The Hall–Kier alpha value is -3.58. The van der Waals surface area contributed by atoms with Gasteiger partial charge >= 0.3 is 5.97 Å². The third-order valence-corrected chi connectivity index (χ3v) is 6.85. The fourth-order valence-corrected chi connectivity index (χ4v) is 5.22. The first-order valence-corrected chi connectivity index (χ1v) is 11.7. The van der Waals surface area contributed by atoms with Crippen molar-refractivity contribution in [3.63, 3.8) is 0 Å². The molecular formula is C26H24N4O2S. The Kier molecular flexibility index (Phi) is 5.42. The number of aryl methyl sites for hydroxylation is 3. The van der Waals surface area contributed by atoms with Gasteiger partial charge in [-0.25, -0.2) is 19.7 Å². The molecule has 5 aromatic rings. The summed E-state index contributed by atoms with van der Waals surface area (Å²) in [5, 5.41) is 0.874. The number of nitrogens with zero attached hydrogens (tertiary/aromatic N) is 4. The van der Waals surface area contributed by atoms with Gasteiger partial charge in [-0.2, -0.15) is 0 Å². The fraction of sp³-hybridized carbons (Fsp3) is 0.231. The van der Waals surface area contributed by atoms with Gasteiger partial charge in [0.05, 0.1) is 29.4 Å². The summed E-state index contributed by atoms with van der Waals surface area (Å²) < 4.78 is 8.18. The summed E-state index contributed by atoms with van der Waals surface area (Å²) in [4.78, 5) is 26.6. The van der Waals surface area contributed by atoms with Crippen LogP contribution in [-0.4, -0.2) is 32.6 Å². The van der Waals surface area contributed by atoms with Crippen molar-refractivity contribution in [3.05, 3.63) is 76.7 Å². The lowest BCUT2D eigenvalue weighted by atomic mass is 10.1. The average Bonchev–Trinajstić information content (AvgIpc) is 3.41. The van der Waals surface area contributed by atoms with Crippen molar-refractivity contribution in [1.82, 2.24) is 19.5 Å². The van der Waals surface area contributed by atoms with Crippen LogP contribution >= 0.6 is 11.3 Å². The molecule has 3 heterocycles. The van der Waals surface area contributed by atoms with Crippen molar-refractivity contribution in [1.29, 1.82) is 0 Å². The Balaban J connectivity index is 1.60. The molecule has 0 unspecified atom stereocenters. The SMILES string of the molecule is CCc1nc2c(C)cc(C)nc2n1Cc1cccc2sc(-c3cccc(C(=O)OC)c3)nc12. The molecule has 0 saturated heterocycles. The zero-order valence-corrected chi connectivity index (χ0v) is 19.9. The lowest BCUT2D eigenvalue weighted by Crippen LogP contribution is -2.06. The number of hydrogen-bond donors (Lipinski definition) is 0. The number of benzene rings is 2. The number of esters is 1. The number of carbonyl (C=O) groups excluding carboxylic acids is 1. The highest BCUT2D eigenvalue weighted by Crippen LogP contribution is 2.33. The van der Waals surface area contributed by atoms with Crippen LogP contribution in [0.4, 0.5) is 0 Å². The summed E-state index contributed by atoms with van der Waals surface area (Å²) in [5.41, 5.74) is 7.52. The molecule has 0 saturated carbocycles. The summed E-state index contributed by atoms with van der Waals surface area (Å²) in [6, 6.07) is 15.8. The van der Waals surface area contributed by atoms with Crippen LogP contribution < -0.4 is 0 Å². The molecule has 2 aromatic carbocycles. The summed E-state index contributed by atoms with van der Waals surface area (Å²) in [7, 11) is 1.39. The van der Waals surface area contributed by atoms with Gasteiger partial charge in [-0.05, 0) is 49.2 Å². The minimum Gasteiger partial charge on any atom is -0.465 e. The van der Waals surface area contributed by atoms with Gasteiger partial charge in [0.15, 0.2) is 5.65 Å². The molecule has 0 aliphatic carbocycles. The number of rotatable bonds is 5. The molecule has 0 aliphatic heterocycles. The van der Waals surface area contributed by atoms with Gasteiger partial charge in [0, 0.05) is 17.7 Å². The summed E-state index contributed by atoms with van der Waals surface area (Å²) in [5.74, 6) is 0.667. The van der Waals surface area contributed by atoms with Gasteiger partial charge in [-0.15, -0.1) is 11.3 Å². The topological polar surface area (TPSA) is 69.9 Å². The zero-order valence-electron chi connectivity index (χ0n) is 19.0. The second-order valence-corrected chi connectivity index (χ2v) is 9.11. The number of pyridine rings is 1. The molecule has 166 valence electrons. The Morgan fingerprint density at radius 2 is 1.85 bits per heavy atom. The second kappa shape index (κ2) is 8.41. The molecule has 0 aliphatic rings. The fourth-order valence-electron chi connectivity index (χ4n) is 4.21. The number of carbonyl (C=O) groups is 1. The highest BCUT2D eigenvalue weighted by Gasteiger charge is 2.17. The van der Waals surface area contributed by atoms with E-state index in [1.807, 2.05) is 25.1 Å². The Morgan fingerprint density at radius 3 is 2.64 bits per heavy atom. The minimum atomic E-state index is -0.351. The van der Waals surface area contributed by atoms with Crippen molar-refractivity contribution in [3.8, 4) is 10.6 Å². The Morgan fingerprint density at radius 1 is 1.03 bits per heavy atom. The van der Waals surface area contributed by atoms with E-state index in [1.54, 1.807) is 17.4 Å². The largest absolute Gasteiger partial charge is 0.465 e. The molecule has 0 spiro atoms. The molecule has 0 fully saturated rings. The Labute approximate surface area is 195 Å².